The first-order valence-corrected chi connectivity index (χ1v) is 20.7. The Morgan fingerprint density at radius 3 is 1.86 bits per heavy atom. The number of unbranched alkanes of at least 4 members (excludes halogenated alkanes) is 2. The maximum absolute atomic E-state index is 13.4. The molecule has 57 heavy (non-hydrogen) atoms. The highest BCUT2D eigenvalue weighted by molar-refractivity contribution is 5.95. The third-order valence-corrected chi connectivity index (χ3v) is 11.3. The molecule has 0 fully saturated rings. The summed E-state index contributed by atoms with van der Waals surface area (Å²) in [6, 6.07) is 11.3. The predicted molar refractivity (Wildman–Crippen MR) is 220 cm³/mol. The number of hydrogen-bond acceptors (Lipinski definition) is 9. The predicted octanol–water partition coefficient (Wildman–Crippen LogP) is 6.30. The zero-order valence-electron chi connectivity index (χ0n) is 35.3. The Hall–Kier alpha value is -3.52. The number of ether oxygens (including phenoxy) is 6. The van der Waals surface area contributed by atoms with Gasteiger partial charge >= 0.3 is 5.97 Å². The first kappa shape index (κ1) is 46.2. The fourth-order valence-electron chi connectivity index (χ4n) is 7.94. The van der Waals surface area contributed by atoms with Gasteiger partial charge in [0.25, 0.3) is 0 Å². The van der Waals surface area contributed by atoms with Gasteiger partial charge in [-0.05, 0) is 81.7 Å². The van der Waals surface area contributed by atoms with Crippen molar-refractivity contribution < 1.29 is 52.5 Å². The van der Waals surface area contributed by atoms with Gasteiger partial charge in [0.2, 0.25) is 11.6 Å². The number of carbonyl (C=O) groups is 3. The number of ketones is 1. The van der Waals surface area contributed by atoms with Crippen molar-refractivity contribution in [3.63, 3.8) is 0 Å². The Morgan fingerprint density at radius 1 is 0.684 bits per heavy atom. The Bertz CT molecular complexity index is 1670. The van der Waals surface area contributed by atoms with E-state index in [4.69, 9.17) is 33.5 Å². The van der Waals surface area contributed by atoms with Gasteiger partial charge in [0.1, 0.15) is 12.3 Å². The number of fused-ring (bicyclic) bond motifs is 4. The van der Waals surface area contributed by atoms with Crippen LogP contribution in [0.5, 0.6) is 0 Å². The average molecular weight is 796 g/mol. The van der Waals surface area contributed by atoms with Gasteiger partial charge in [-0.15, -0.1) is 0 Å². The van der Waals surface area contributed by atoms with Crippen molar-refractivity contribution in [2.75, 3.05) is 92.9 Å². The molecular weight excluding hydrogens is 728 g/mol. The van der Waals surface area contributed by atoms with E-state index in [-0.39, 0.29) is 23.5 Å². The fraction of sp³-hybridized carbons (Fsp3) is 0.644. The van der Waals surface area contributed by atoms with Crippen LogP contribution in [0.1, 0.15) is 101 Å². The smallest absolute Gasteiger partial charge is 0.303 e. The lowest BCUT2D eigenvalue weighted by molar-refractivity contribution is -0.439. The summed E-state index contributed by atoms with van der Waals surface area (Å²) in [5, 5.41) is 12.2. The van der Waals surface area contributed by atoms with Gasteiger partial charge in [-0.3, -0.25) is 9.59 Å². The van der Waals surface area contributed by atoms with E-state index >= 15 is 0 Å². The van der Waals surface area contributed by atoms with E-state index < -0.39 is 11.4 Å². The first-order chi connectivity index (χ1) is 27.4. The third-order valence-electron chi connectivity index (χ3n) is 11.3. The molecule has 4 rings (SSSR count). The molecule has 2 aliphatic rings. The third kappa shape index (κ3) is 13.0. The second kappa shape index (κ2) is 23.2. The number of carboxylic acid groups (broad SMARTS) is 1. The lowest BCUT2D eigenvalue weighted by Crippen LogP contribution is -2.32. The molecular formula is C45H67N2O10+. The SMILES string of the molecule is COCCOCCOCCOCCOCCOCCNC(=O)CCC1(CCC(C)=O)c2cc(C)ccc2-c2cc3c(cc21)[N+](CCCCCC(=O)O)=C(C)C3(C)C. The number of carbonyl (C=O) groups excluding carboxylic acids is 2. The first-order valence-electron chi connectivity index (χ1n) is 20.7. The second-order valence-electron chi connectivity index (χ2n) is 15.7. The van der Waals surface area contributed by atoms with Gasteiger partial charge in [0, 0.05) is 63.3 Å². The van der Waals surface area contributed by atoms with E-state index in [1.54, 1.807) is 14.0 Å². The summed E-state index contributed by atoms with van der Waals surface area (Å²) in [7, 11) is 1.64. The molecule has 12 nitrogen and oxygen atoms in total. The Balaban J connectivity index is 1.32. The molecule has 1 amide bonds. The van der Waals surface area contributed by atoms with Gasteiger partial charge in [0.15, 0.2) is 5.71 Å². The van der Waals surface area contributed by atoms with Gasteiger partial charge in [-0.25, -0.2) is 0 Å². The largest absolute Gasteiger partial charge is 0.481 e. The van der Waals surface area contributed by atoms with Crippen LogP contribution in [0.4, 0.5) is 5.69 Å². The number of nitrogens with zero attached hydrogens (tertiary/aromatic N) is 1. The molecule has 0 bridgehead atoms. The quantitative estimate of drug-likeness (QED) is 0.0684. The molecule has 0 radical (unpaired) electrons. The molecule has 1 atom stereocenters. The number of nitrogens with one attached hydrogen (secondary N) is 1. The zero-order chi connectivity index (χ0) is 41.3. The van der Waals surface area contributed by atoms with Crippen LogP contribution in [-0.2, 0) is 53.6 Å². The number of methoxy groups -OCH3 is 1. The Labute approximate surface area is 339 Å². The summed E-state index contributed by atoms with van der Waals surface area (Å²) in [5.41, 5.74) is 8.90. The van der Waals surface area contributed by atoms with Crippen LogP contribution in [0.25, 0.3) is 11.1 Å². The van der Waals surface area contributed by atoms with E-state index in [0.29, 0.717) is 111 Å². The maximum atomic E-state index is 13.4. The van der Waals surface area contributed by atoms with Crippen LogP contribution in [-0.4, -0.2) is 126 Å². The molecule has 1 unspecified atom stereocenters. The molecule has 0 spiro atoms. The van der Waals surface area contributed by atoms with E-state index in [1.807, 2.05) is 0 Å². The number of carboxylic acids is 1. The molecule has 0 saturated heterocycles. The summed E-state index contributed by atoms with van der Waals surface area (Å²) in [6.45, 7) is 17.0. The van der Waals surface area contributed by atoms with Crippen LogP contribution >= 0.6 is 0 Å². The van der Waals surface area contributed by atoms with Crippen molar-refractivity contribution in [3.05, 3.63) is 52.6 Å². The van der Waals surface area contributed by atoms with Gasteiger partial charge in [0.05, 0.1) is 78.1 Å². The number of benzene rings is 2. The molecule has 12 heteroatoms. The number of aryl methyl sites for hydroxylation is 1. The van der Waals surface area contributed by atoms with Gasteiger partial charge in [-0.2, -0.15) is 4.58 Å². The van der Waals surface area contributed by atoms with Crippen LogP contribution < -0.4 is 5.32 Å². The van der Waals surface area contributed by atoms with Crippen molar-refractivity contribution >= 4 is 29.1 Å². The highest BCUT2D eigenvalue weighted by Gasteiger charge is 2.49. The van der Waals surface area contributed by atoms with E-state index in [9.17, 15) is 14.4 Å². The van der Waals surface area contributed by atoms with Crippen LogP contribution in [0.2, 0.25) is 0 Å². The summed E-state index contributed by atoms with van der Waals surface area (Å²) >= 11 is 0. The van der Waals surface area contributed by atoms with Gasteiger partial charge < -0.3 is 43.6 Å². The van der Waals surface area contributed by atoms with E-state index in [0.717, 1.165) is 24.9 Å². The molecule has 0 aromatic heterocycles. The number of amides is 1. The Kier molecular flexibility index (Phi) is 18.8. The van der Waals surface area contributed by atoms with Crippen molar-refractivity contribution in [1.82, 2.24) is 5.32 Å². The van der Waals surface area contributed by atoms with E-state index in [1.165, 1.54) is 39.2 Å². The van der Waals surface area contributed by atoms with Crippen molar-refractivity contribution in [1.29, 1.82) is 0 Å². The zero-order valence-corrected chi connectivity index (χ0v) is 35.3. The molecule has 1 aliphatic carbocycles. The highest BCUT2D eigenvalue weighted by Crippen LogP contribution is 2.57. The fourth-order valence-corrected chi connectivity index (χ4v) is 7.94. The average Bonchev–Trinajstić information content (AvgIpc) is 3.54. The van der Waals surface area contributed by atoms with Gasteiger partial charge in [-0.1, -0.05) is 23.8 Å². The van der Waals surface area contributed by atoms with Crippen molar-refractivity contribution in [2.24, 2.45) is 0 Å². The number of hydrogen-bond donors (Lipinski definition) is 2. The summed E-state index contributed by atoms with van der Waals surface area (Å²) in [4.78, 5) is 37.1. The lowest BCUT2D eigenvalue weighted by atomic mass is 9.70. The van der Waals surface area contributed by atoms with Crippen molar-refractivity contribution in [2.45, 2.75) is 96.8 Å². The molecule has 1 heterocycles. The maximum Gasteiger partial charge on any atom is 0.303 e. The minimum Gasteiger partial charge on any atom is -0.481 e. The minimum absolute atomic E-state index is 0.0473. The number of Topliss-reactive ketones (excluding diaryl/α,β-unsaturated/α-hetero) is 1. The Morgan fingerprint density at radius 2 is 1.26 bits per heavy atom. The topological polar surface area (TPSA) is 142 Å². The molecule has 0 saturated carbocycles. The van der Waals surface area contributed by atoms with Crippen LogP contribution in [0.3, 0.4) is 0 Å². The van der Waals surface area contributed by atoms with Crippen LogP contribution in [0.15, 0.2) is 30.3 Å². The number of aliphatic carboxylic acids is 1. The molecule has 316 valence electrons. The van der Waals surface area contributed by atoms with Crippen LogP contribution in [0, 0.1) is 6.92 Å². The standard InChI is InChI=1S/C45H66N2O10/c1-33-11-12-36-37-31-40-41(47(35(3)44(40,4)5)18-9-7-8-10-43(50)51)32-39(37)45(38(36)30-33,15-13-34(2)48)16-14-42(49)46-17-19-53-22-23-55-26-27-57-29-28-56-25-24-54-21-20-52-6/h11-12,30-32H,7-10,13-29H2,1-6H3,(H-,46,49,50,51)/p+1. The summed E-state index contributed by atoms with van der Waals surface area (Å²) in [5.74, 6) is -0.672. The minimum atomic E-state index is -0.755. The summed E-state index contributed by atoms with van der Waals surface area (Å²) < 4.78 is 34.9. The molecule has 2 N–H and O–H groups in total. The van der Waals surface area contributed by atoms with E-state index in [2.05, 4.69) is 67.9 Å². The molecule has 1 aliphatic heterocycles. The van der Waals surface area contributed by atoms with Crippen molar-refractivity contribution in [3.8, 4) is 11.1 Å². The second-order valence-corrected chi connectivity index (χ2v) is 15.7. The number of rotatable bonds is 30. The monoisotopic (exact) mass is 795 g/mol. The lowest BCUT2D eigenvalue weighted by Gasteiger charge is -2.32. The normalized spacial score (nSPS) is 16.5. The summed E-state index contributed by atoms with van der Waals surface area (Å²) in [6.07, 6.45) is 4.50. The molecule has 2 aromatic carbocycles. The molecule has 2 aromatic rings. The highest BCUT2D eigenvalue weighted by atomic mass is 16.6.